The number of aliphatic hydroxyl groups is 2. The molecule has 0 aromatic carbocycles. The summed E-state index contributed by atoms with van der Waals surface area (Å²) < 4.78 is 0. The average Bonchev–Trinajstić information content (AvgIpc) is 1.98. The molecule has 0 saturated carbocycles. The van der Waals surface area contributed by atoms with Crippen LogP contribution in [0.3, 0.4) is 0 Å². The summed E-state index contributed by atoms with van der Waals surface area (Å²) in [7, 11) is 0. The molecule has 0 rings (SSSR count). The minimum absolute atomic E-state index is 0.0182. The predicted molar refractivity (Wildman–Crippen MR) is 36.7 cm³/mol. The van der Waals surface area contributed by atoms with Gasteiger partial charge >= 0.3 is 0 Å². The number of nitrogens with one attached hydrogen (secondary N) is 1. The minimum atomic E-state index is -0.673. The lowest BCUT2D eigenvalue weighted by molar-refractivity contribution is 0.0454. The van der Waals surface area contributed by atoms with Crippen LogP contribution in [0.25, 0.3) is 0 Å². The molecule has 0 amide bonds. The quantitative estimate of drug-likeness (QED) is 0.392. The van der Waals surface area contributed by atoms with Crippen molar-refractivity contribution in [1.29, 1.82) is 0 Å². The molecule has 4 heteroatoms. The van der Waals surface area contributed by atoms with Gasteiger partial charge in [-0.15, -0.1) is 0 Å². The van der Waals surface area contributed by atoms with Crippen LogP contribution in [0, 0.1) is 5.92 Å². The first-order valence-electron chi connectivity index (χ1n) is 3.38. The Hall–Kier alpha value is -0.160. The Morgan fingerprint density at radius 2 is 2.10 bits per heavy atom. The molecule has 0 spiro atoms. The monoisotopic (exact) mass is 149 g/mol. The highest BCUT2D eigenvalue weighted by Crippen LogP contribution is 2.05. The second-order valence-corrected chi connectivity index (χ2v) is 2.42. The molecule has 10 heavy (non-hydrogen) atoms. The van der Waals surface area contributed by atoms with Crippen molar-refractivity contribution in [1.82, 2.24) is 5.48 Å². The Morgan fingerprint density at radius 3 is 2.50 bits per heavy atom. The lowest BCUT2D eigenvalue weighted by Gasteiger charge is -2.15. The molecule has 0 bridgehead atoms. The van der Waals surface area contributed by atoms with Crippen LogP contribution in [-0.2, 0) is 0 Å². The van der Waals surface area contributed by atoms with Gasteiger partial charge in [-0.2, -0.15) is 0 Å². The van der Waals surface area contributed by atoms with Crippen LogP contribution in [0.4, 0.5) is 0 Å². The predicted octanol–water partition coefficient (Wildman–Crippen LogP) is -0.655. The lowest BCUT2D eigenvalue weighted by atomic mass is 10.0. The summed E-state index contributed by atoms with van der Waals surface area (Å²) in [5.41, 5.74) is 1.98. The zero-order valence-electron chi connectivity index (χ0n) is 6.12. The van der Waals surface area contributed by atoms with Gasteiger partial charge in [-0.3, -0.25) is 0 Å². The Bertz CT molecular complexity index is 79.4. The minimum Gasteiger partial charge on any atom is -0.394 e. The van der Waals surface area contributed by atoms with E-state index in [1.54, 1.807) is 0 Å². The fraction of sp³-hybridized carbons (Fsp3) is 1.00. The summed E-state index contributed by atoms with van der Waals surface area (Å²) in [5.74, 6) is 0.0182. The number of aliphatic hydroxyl groups excluding tert-OH is 2. The maximum absolute atomic E-state index is 8.99. The highest BCUT2D eigenvalue weighted by atomic mass is 16.5. The number of hydroxylamine groups is 1. The molecule has 4 N–H and O–H groups in total. The van der Waals surface area contributed by atoms with Gasteiger partial charge in [-0.05, 0) is 12.3 Å². The van der Waals surface area contributed by atoms with Crippen LogP contribution in [-0.4, -0.2) is 34.7 Å². The fourth-order valence-electron chi connectivity index (χ4n) is 0.665. The molecule has 0 aliphatic heterocycles. The molecule has 62 valence electrons. The van der Waals surface area contributed by atoms with Gasteiger partial charge < -0.3 is 15.4 Å². The third-order valence-corrected chi connectivity index (χ3v) is 1.56. The van der Waals surface area contributed by atoms with Gasteiger partial charge in [0.1, 0.15) is 0 Å². The van der Waals surface area contributed by atoms with Crippen LogP contribution >= 0.6 is 0 Å². The van der Waals surface area contributed by atoms with Crippen molar-refractivity contribution in [3.05, 3.63) is 0 Å². The fourth-order valence-corrected chi connectivity index (χ4v) is 0.665. The second kappa shape index (κ2) is 5.61. The van der Waals surface area contributed by atoms with Gasteiger partial charge in [-0.1, -0.05) is 6.92 Å². The van der Waals surface area contributed by atoms with E-state index in [9.17, 15) is 0 Å². The van der Waals surface area contributed by atoms with E-state index >= 15 is 0 Å². The van der Waals surface area contributed by atoms with Crippen LogP contribution < -0.4 is 5.48 Å². The summed E-state index contributed by atoms with van der Waals surface area (Å²) in [6.45, 7) is 2.04. The molecule has 0 saturated heterocycles. The maximum Gasteiger partial charge on any atom is 0.0796 e. The SMILES string of the molecule is CC(CCNO)C(O)CO. The zero-order chi connectivity index (χ0) is 7.98. The van der Waals surface area contributed by atoms with Gasteiger partial charge in [0, 0.05) is 6.54 Å². The Kier molecular flexibility index (Phi) is 5.52. The van der Waals surface area contributed by atoms with Crippen molar-refractivity contribution in [2.45, 2.75) is 19.4 Å². The van der Waals surface area contributed by atoms with E-state index < -0.39 is 6.10 Å². The lowest BCUT2D eigenvalue weighted by Crippen LogP contribution is -2.25. The molecule has 2 unspecified atom stereocenters. The summed E-state index contributed by atoms with van der Waals surface area (Å²) in [5, 5.41) is 25.6. The van der Waals surface area contributed by atoms with E-state index in [4.69, 9.17) is 15.4 Å². The molecular weight excluding hydrogens is 134 g/mol. The Labute approximate surface area is 60.5 Å². The molecule has 0 aromatic rings. The second-order valence-electron chi connectivity index (χ2n) is 2.42. The Balaban J connectivity index is 3.31. The standard InChI is InChI=1S/C6H15NO3/c1-5(2-3-7-10)6(9)4-8/h5-10H,2-4H2,1H3. The van der Waals surface area contributed by atoms with Crippen LogP contribution in [0.1, 0.15) is 13.3 Å². The van der Waals surface area contributed by atoms with Crippen molar-refractivity contribution >= 4 is 0 Å². The van der Waals surface area contributed by atoms with Gasteiger partial charge in [0.2, 0.25) is 0 Å². The van der Waals surface area contributed by atoms with Crippen molar-refractivity contribution in [2.75, 3.05) is 13.2 Å². The number of rotatable bonds is 5. The smallest absolute Gasteiger partial charge is 0.0796 e. The van der Waals surface area contributed by atoms with Gasteiger partial charge in [-0.25, -0.2) is 5.48 Å². The van der Waals surface area contributed by atoms with Crippen molar-refractivity contribution in [3.8, 4) is 0 Å². The van der Waals surface area contributed by atoms with E-state index in [-0.39, 0.29) is 12.5 Å². The first-order valence-corrected chi connectivity index (χ1v) is 3.38. The van der Waals surface area contributed by atoms with Crippen molar-refractivity contribution in [3.63, 3.8) is 0 Å². The van der Waals surface area contributed by atoms with Crippen molar-refractivity contribution < 1.29 is 15.4 Å². The first kappa shape index (κ1) is 9.84. The summed E-state index contributed by atoms with van der Waals surface area (Å²) >= 11 is 0. The largest absolute Gasteiger partial charge is 0.394 e. The number of hydrogen-bond acceptors (Lipinski definition) is 4. The maximum atomic E-state index is 8.99. The van der Waals surface area contributed by atoms with E-state index in [0.29, 0.717) is 13.0 Å². The normalized spacial score (nSPS) is 16.8. The van der Waals surface area contributed by atoms with Crippen molar-refractivity contribution in [2.24, 2.45) is 5.92 Å². The molecule has 0 radical (unpaired) electrons. The van der Waals surface area contributed by atoms with Crippen LogP contribution in [0.5, 0.6) is 0 Å². The molecule has 0 heterocycles. The molecule has 2 atom stereocenters. The molecule has 0 fully saturated rings. The zero-order valence-corrected chi connectivity index (χ0v) is 6.12. The first-order chi connectivity index (χ1) is 4.72. The van der Waals surface area contributed by atoms with Crippen LogP contribution in [0.15, 0.2) is 0 Å². The van der Waals surface area contributed by atoms with E-state index in [1.165, 1.54) is 0 Å². The van der Waals surface area contributed by atoms with Gasteiger partial charge in [0.25, 0.3) is 0 Å². The highest BCUT2D eigenvalue weighted by molar-refractivity contribution is 4.62. The van der Waals surface area contributed by atoms with Gasteiger partial charge in [0.15, 0.2) is 0 Å². The highest BCUT2D eigenvalue weighted by Gasteiger charge is 2.11. The van der Waals surface area contributed by atoms with Gasteiger partial charge in [0.05, 0.1) is 12.7 Å². The molecule has 4 nitrogen and oxygen atoms in total. The van der Waals surface area contributed by atoms with E-state index in [1.807, 2.05) is 12.4 Å². The molecule has 0 aliphatic carbocycles. The summed E-state index contributed by atoms with van der Waals surface area (Å²) in [4.78, 5) is 0. The Morgan fingerprint density at radius 1 is 1.50 bits per heavy atom. The third kappa shape index (κ3) is 3.79. The average molecular weight is 149 g/mol. The summed E-state index contributed by atoms with van der Waals surface area (Å²) in [6.07, 6.45) is -0.0218. The van der Waals surface area contributed by atoms with Crippen LogP contribution in [0.2, 0.25) is 0 Å². The van der Waals surface area contributed by atoms with E-state index in [2.05, 4.69) is 0 Å². The van der Waals surface area contributed by atoms with E-state index in [0.717, 1.165) is 0 Å². The number of hydrogen-bond donors (Lipinski definition) is 4. The third-order valence-electron chi connectivity index (χ3n) is 1.56. The molecule has 0 aliphatic rings. The topological polar surface area (TPSA) is 72.7 Å². The molecular formula is C6H15NO3. The molecule has 0 aromatic heterocycles. The summed E-state index contributed by atoms with van der Waals surface area (Å²) in [6, 6.07) is 0.